The van der Waals surface area contributed by atoms with Gasteiger partial charge in [0.15, 0.2) is 0 Å². The number of carbonyl (C=O) groups excluding carboxylic acids is 1. The minimum Gasteiger partial charge on any atom is -0.387 e. The SMILES string of the molecule is CCCCCCCCCCCCCC/C=C\CCCCCCCCCCCCCCCCC(=O)NC(COP(=O)(O)OCC[N+](C)(C)C)C(O)/C=C/CCCCCCCCCCCCCCCCCCCCCCCCC. The van der Waals surface area contributed by atoms with Crippen LogP contribution in [-0.2, 0) is 18.4 Å². The van der Waals surface area contributed by atoms with Gasteiger partial charge in [-0.15, -0.1) is 0 Å². The molecule has 0 heterocycles. The van der Waals surface area contributed by atoms with Crippen molar-refractivity contribution in [2.75, 3.05) is 40.9 Å². The average molecular weight is 1110 g/mol. The molecular weight excluding hydrogens is 972 g/mol. The molecule has 77 heavy (non-hydrogen) atoms. The first-order valence-corrected chi connectivity index (χ1v) is 35.7. The number of phosphoric ester groups is 1. The van der Waals surface area contributed by atoms with Gasteiger partial charge in [-0.05, 0) is 44.9 Å². The Morgan fingerprint density at radius 3 is 1.00 bits per heavy atom. The lowest BCUT2D eigenvalue weighted by Gasteiger charge is -2.25. The van der Waals surface area contributed by atoms with E-state index in [1.54, 1.807) is 6.08 Å². The number of hydrogen-bond donors (Lipinski definition) is 3. The fraction of sp³-hybridized carbons (Fsp3) is 0.926. The van der Waals surface area contributed by atoms with E-state index in [1.165, 1.54) is 302 Å². The summed E-state index contributed by atoms with van der Waals surface area (Å²) < 4.78 is 23.8. The number of hydrogen-bond acceptors (Lipinski definition) is 5. The molecule has 0 bridgehead atoms. The Balaban J connectivity index is 4.06. The van der Waals surface area contributed by atoms with Crippen molar-refractivity contribution in [3.8, 4) is 0 Å². The zero-order chi connectivity index (χ0) is 56.3. The highest BCUT2D eigenvalue weighted by Gasteiger charge is 2.28. The molecule has 0 aromatic rings. The number of aliphatic hydroxyl groups is 1. The maximum Gasteiger partial charge on any atom is 0.472 e. The van der Waals surface area contributed by atoms with Gasteiger partial charge in [0, 0.05) is 6.42 Å². The lowest BCUT2D eigenvalue weighted by atomic mass is 10.0. The van der Waals surface area contributed by atoms with Crippen LogP contribution in [0.1, 0.15) is 354 Å². The van der Waals surface area contributed by atoms with Crippen LogP contribution >= 0.6 is 7.82 Å². The van der Waals surface area contributed by atoms with Crippen LogP contribution in [0.5, 0.6) is 0 Å². The summed E-state index contributed by atoms with van der Waals surface area (Å²) in [7, 11) is 1.59. The van der Waals surface area contributed by atoms with Crippen LogP contribution in [0.4, 0.5) is 0 Å². The largest absolute Gasteiger partial charge is 0.472 e. The van der Waals surface area contributed by atoms with Gasteiger partial charge in [0.25, 0.3) is 0 Å². The highest BCUT2D eigenvalue weighted by atomic mass is 31.2. The molecule has 1 amide bonds. The molecule has 3 unspecified atom stereocenters. The van der Waals surface area contributed by atoms with Gasteiger partial charge < -0.3 is 19.8 Å². The smallest absolute Gasteiger partial charge is 0.387 e. The van der Waals surface area contributed by atoms with Crippen LogP contribution in [0, 0.1) is 0 Å². The summed E-state index contributed by atoms with van der Waals surface area (Å²) in [5.74, 6) is -0.170. The third-order valence-electron chi connectivity index (χ3n) is 15.9. The molecule has 0 fully saturated rings. The van der Waals surface area contributed by atoms with E-state index in [2.05, 4.69) is 31.3 Å². The fourth-order valence-electron chi connectivity index (χ4n) is 10.6. The monoisotopic (exact) mass is 1110 g/mol. The molecule has 0 saturated carbocycles. The Kier molecular flexibility index (Phi) is 58.8. The Morgan fingerprint density at radius 2 is 0.701 bits per heavy atom. The van der Waals surface area contributed by atoms with E-state index < -0.39 is 20.0 Å². The lowest BCUT2D eigenvalue weighted by molar-refractivity contribution is -0.870. The molecule has 8 nitrogen and oxygen atoms in total. The third-order valence-corrected chi connectivity index (χ3v) is 16.9. The van der Waals surface area contributed by atoms with Crippen LogP contribution < -0.4 is 5.32 Å². The maximum atomic E-state index is 13.0. The molecule has 0 aliphatic carbocycles. The van der Waals surface area contributed by atoms with Crippen molar-refractivity contribution in [3.05, 3.63) is 24.3 Å². The second-order valence-electron chi connectivity index (χ2n) is 24.9. The molecule has 0 aromatic carbocycles. The number of nitrogens with zero attached hydrogens (tertiary/aromatic N) is 1. The summed E-state index contributed by atoms with van der Waals surface area (Å²) in [6.07, 6.45) is 77.5. The minimum absolute atomic E-state index is 0.0639. The van der Waals surface area contributed by atoms with Crippen LogP contribution in [0.25, 0.3) is 0 Å². The van der Waals surface area contributed by atoms with E-state index in [1.807, 2.05) is 27.2 Å². The molecule has 458 valence electrons. The van der Waals surface area contributed by atoms with Crippen molar-refractivity contribution in [1.82, 2.24) is 5.32 Å². The maximum absolute atomic E-state index is 13.0. The molecule has 0 saturated heterocycles. The highest BCUT2D eigenvalue weighted by Crippen LogP contribution is 2.43. The molecule has 0 aliphatic heterocycles. The van der Waals surface area contributed by atoms with E-state index in [4.69, 9.17) is 9.05 Å². The van der Waals surface area contributed by atoms with Gasteiger partial charge in [-0.1, -0.05) is 327 Å². The van der Waals surface area contributed by atoms with Crippen molar-refractivity contribution < 1.29 is 32.9 Å². The Hall–Kier alpha value is -1.02. The minimum atomic E-state index is -4.35. The van der Waals surface area contributed by atoms with Crippen LogP contribution in [0.15, 0.2) is 24.3 Å². The number of aliphatic hydroxyl groups excluding tert-OH is 1. The van der Waals surface area contributed by atoms with E-state index in [0.29, 0.717) is 17.4 Å². The van der Waals surface area contributed by atoms with Crippen molar-refractivity contribution in [1.29, 1.82) is 0 Å². The van der Waals surface area contributed by atoms with E-state index in [-0.39, 0.29) is 19.1 Å². The number of quaternary nitrogens is 1. The van der Waals surface area contributed by atoms with Crippen LogP contribution in [0.2, 0.25) is 0 Å². The summed E-state index contributed by atoms with van der Waals surface area (Å²) in [4.78, 5) is 23.4. The topological polar surface area (TPSA) is 105 Å². The molecule has 0 spiro atoms. The molecule has 3 atom stereocenters. The van der Waals surface area contributed by atoms with Gasteiger partial charge in [0.05, 0.1) is 39.9 Å². The average Bonchev–Trinajstić information content (AvgIpc) is 3.39. The Morgan fingerprint density at radius 1 is 0.429 bits per heavy atom. The van der Waals surface area contributed by atoms with Gasteiger partial charge >= 0.3 is 7.82 Å². The first kappa shape index (κ1) is 76.0. The van der Waals surface area contributed by atoms with E-state index in [9.17, 15) is 19.4 Å². The Labute approximate surface area is 481 Å². The summed E-state index contributed by atoms with van der Waals surface area (Å²) in [5.41, 5.74) is 0. The zero-order valence-corrected chi connectivity index (χ0v) is 53.4. The van der Waals surface area contributed by atoms with Gasteiger partial charge in [-0.25, -0.2) is 4.57 Å². The van der Waals surface area contributed by atoms with Crippen LogP contribution in [0.3, 0.4) is 0 Å². The number of allylic oxidation sites excluding steroid dienone is 3. The number of nitrogens with one attached hydrogen (secondary N) is 1. The van der Waals surface area contributed by atoms with Gasteiger partial charge in [-0.2, -0.15) is 0 Å². The molecule has 0 rings (SSSR count). The second kappa shape index (κ2) is 59.6. The van der Waals surface area contributed by atoms with Crippen molar-refractivity contribution in [3.63, 3.8) is 0 Å². The molecular formula is C68H136N2O6P+. The molecule has 9 heteroatoms. The van der Waals surface area contributed by atoms with Crippen LogP contribution in [-0.4, -0.2) is 73.4 Å². The quantitative estimate of drug-likeness (QED) is 0.0243. The van der Waals surface area contributed by atoms with Crippen molar-refractivity contribution in [2.45, 2.75) is 366 Å². The highest BCUT2D eigenvalue weighted by molar-refractivity contribution is 7.47. The summed E-state index contributed by atoms with van der Waals surface area (Å²) in [5, 5.41) is 14.0. The molecule has 0 aromatic heterocycles. The van der Waals surface area contributed by atoms with E-state index >= 15 is 0 Å². The summed E-state index contributed by atoms with van der Waals surface area (Å²) >= 11 is 0. The van der Waals surface area contributed by atoms with E-state index in [0.717, 1.165) is 32.1 Å². The zero-order valence-electron chi connectivity index (χ0n) is 52.5. The third kappa shape index (κ3) is 62.4. The predicted octanol–water partition coefficient (Wildman–Crippen LogP) is 21.5. The van der Waals surface area contributed by atoms with Gasteiger partial charge in [-0.3, -0.25) is 13.8 Å². The number of phosphoric acid groups is 1. The summed E-state index contributed by atoms with van der Waals surface area (Å²) in [6, 6.07) is -0.846. The number of amides is 1. The first-order chi connectivity index (χ1) is 37.5. The number of likely N-dealkylation sites (N-methyl/N-ethyl adjacent to an activating group) is 1. The number of rotatable bonds is 64. The second-order valence-corrected chi connectivity index (χ2v) is 26.4. The first-order valence-electron chi connectivity index (χ1n) is 34.2. The predicted molar refractivity (Wildman–Crippen MR) is 337 cm³/mol. The molecule has 3 N–H and O–H groups in total. The Bertz CT molecular complexity index is 1300. The molecule has 0 aliphatic rings. The fourth-order valence-corrected chi connectivity index (χ4v) is 11.3. The van der Waals surface area contributed by atoms with Gasteiger partial charge in [0.1, 0.15) is 13.2 Å². The van der Waals surface area contributed by atoms with Crippen molar-refractivity contribution in [2.24, 2.45) is 0 Å². The molecule has 0 radical (unpaired) electrons. The number of carbonyl (C=O) groups is 1. The van der Waals surface area contributed by atoms with Crippen molar-refractivity contribution >= 4 is 13.7 Å². The van der Waals surface area contributed by atoms with Gasteiger partial charge in [0.2, 0.25) is 5.91 Å². The summed E-state index contributed by atoms with van der Waals surface area (Å²) in [6.45, 7) is 4.88. The number of unbranched alkanes of at least 4 members (excludes halogenated alkanes) is 49. The standard InChI is InChI=1S/C68H135N2O6P/c1-6-8-10-12-14-16-18-20-22-24-26-28-30-32-33-34-35-36-38-40-42-44-46-48-50-52-54-56-58-60-62-68(72)69-66(65-76-77(73,74)75-64-63-70(3,4)5)67(71)61-59-57-55-53-51-49-47-45-43-41-39-37-31-29-27-25-23-21-19-17-15-13-11-9-7-2/h32-33,59,61,66-67,71H,6-31,34-58,60,62-65H2,1-5H3,(H-,69,72,73,74)/p+1/b33-32-,61-59+. The normalized spacial score (nSPS) is 13.8. The lowest BCUT2D eigenvalue weighted by Crippen LogP contribution is -2.45.